The summed E-state index contributed by atoms with van der Waals surface area (Å²) in [6.07, 6.45) is 10.9. The Kier molecular flexibility index (Phi) is 3.77. The van der Waals surface area contributed by atoms with Crippen molar-refractivity contribution in [1.29, 1.82) is 0 Å². The lowest BCUT2D eigenvalue weighted by Gasteiger charge is -2.60. The molecule has 3 aliphatic carbocycles. The Morgan fingerprint density at radius 1 is 1.05 bits per heavy atom. The van der Waals surface area contributed by atoms with Crippen LogP contribution in [0.3, 0.4) is 0 Å². The zero-order chi connectivity index (χ0) is 15.3. The monoisotopic (exact) mass is 292 g/mol. The number of aliphatic hydroxyl groups is 2. The first-order chi connectivity index (χ1) is 9.87. The van der Waals surface area contributed by atoms with Crippen molar-refractivity contribution in [3.63, 3.8) is 0 Å². The molecule has 21 heavy (non-hydrogen) atoms. The Bertz CT molecular complexity index is 443. The molecule has 0 aromatic heterocycles. The van der Waals surface area contributed by atoms with Crippen molar-refractivity contribution in [3.8, 4) is 0 Å². The summed E-state index contributed by atoms with van der Waals surface area (Å²) < 4.78 is 0. The van der Waals surface area contributed by atoms with Crippen LogP contribution in [-0.2, 0) is 0 Å². The summed E-state index contributed by atoms with van der Waals surface area (Å²) in [6, 6.07) is 0. The fraction of sp³-hybridized carbons (Fsp3) is 0.895. The third-order valence-corrected chi connectivity index (χ3v) is 7.33. The van der Waals surface area contributed by atoms with E-state index < -0.39 is 0 Å². The Morgan fingerprint density at radius 3 is 2.48 bits per heavy atom. The van der Waals surface area contributed by atoms with Crippen molar-refractivity contribution in [3.05, 3.63) is 11.6 Å². The van der Waals surface area contributed by atoms with Crippen LogP contribution in [0.1, 0.15) is 65.7 Å². The average Bonchev–Trinajstić information content (AvgIpc) is 2.46. The minimum atomic E-state index is 0.00395. The van der Waals surface area contributed by atoms with Crippen molar-refractivity contribution in [2.45, 2.75) is 65.7 Å². The van der Waals surface area contributed by atoms with Gasteiger partial charge in [-0.1, -0.05) is 38.8 Å². The summed E-state index contributed by atoms with van der Waals surface area (Å²) in [4.78, 5) is 0. The number of hydrogen-bond acceptors (Lipinski definition) is 2. The molecule has 0 aromatic carbocycles. The molecule has 2 N–H and O–H groups in total. The van der Waals surface area contributed by atoms with Gasteiger partial charge in [-0.15, -0.1) is 0 Å². The maximum atomic E-state index is 9.97. The van der Waals surface area contributed by atoms with Crippen LogP contribution in [0.2, 0.25) is 0 Å². The molecule has 120 valence electrons. The SMILES string of the molecule is C[C@]1(CO)C=C2CC[C@H]3[C@@](C)(CO)CCC[C@]3(C)[C@H]2CC1. The van der Waals surface area contributed by atoms with Gasteiger partial charge in [-0.2, -0.15) is 0 Å². The minimum Gasteiger partial charge on any atom is -0.396 e. The molecule has 0 unspecified atom stereocenters. The zero-order valence-electron chi connectivity index (χ0n) is 14.0. The quantitative estimate of drug-likeness (QED) is 0.757. The van der Waals surface area contributed by atoms with E-state index in [1.165, 1.54) is 38.5 Å². The topological polar surface area (TPSA) is 40.5 Å². The molecule has 3 aliphatic rings. The lowest BCUT2D eigenvalue weighted by molar-refractivity contribution is -0.0907. The molecule has 5 atom stereocenters. The van der Waals surface area contributed by atoms with Crippen LogP contribution < -0.4 is 0 Å². The standard InChI is InChI=1S/C19H32O2/c1-17(12-20)10-7-15-14(11-17)5-6-16-18(2,13-21)8-4-9-19(15,16)3/h11,15-16,20-21H,4-10,12-13H2,1-3H3/t15-,16-,17+,18+,19+/m0/s1. The number of allylic oxidation sites excluding steroid dienone is 1. The number of rotatable bonds is 2. The second-order valence-electron chi connectivity index (χ2n) is 8.89. The van der Waals surface area contributed by atoms with Gasteiger partial charge < -0.3 is 10.2 Å². The summed E-state index contributed by atoms with van der Waals surface area (Å²) >= 11 is 0. The molecule has 2 saturated carbocycles. The predicted molar refractivity (Wildman–Crippen MR) is 85.9 cm³/mol. The van der Waals surface area contributed by atoms with E-state index in [0.29, 0.717) is 23.9 Å². The highest BCUT2D eigenvalue weighted by atomic mass is 16.3. The lowest BCUT2D eigenvalue weighted by Crippen LogP contribution is -2.52. The van der Waals surface area contributed by atoms with Gasteiger partial charge in [0, 0.05) is 12.0 Å². The Morgan fingerprint density at radius 2 is 1.81 bits per heavy atom. The highest BCUT2D eigenvalue weighted by Crippen LogP contribution is 2.63. The molecule has 3 rings (SSSR count). The molecule has 0 bridgehead atoms. The molecule has 0 radical (unpaired) electrons. The summed E-state index contributed by atoms with van der Waals surface area (Å²) in [5.74, 6) is 1.34. The van der Waals surface area contributed by atoms with Crippen LogP contribution >= 0.6 is 0 Å². The Hall–Kier alpha value is -0.340. The molecule has 0 saturated heterocycles. The molecule has 2 nitrogen and oxygen atoms in total. The van der Waals surface area contributed by atoms with E-state index in [2.05, 4.69) is 26.8 Å². The van der Waals surface area contributed by atoms with E-state index in [1.807, 2.05) is 0 Å². The van der Waals surface area contributed by atoms with Crippen LogP contribution in [0.4, 0.5) is 0 Å². The predicted octanol–water partition coefficient (Wildman–Crippen LogP) is 3.92. The van der Waals surface area contributed by atoms with Gasteiger partial charge in [0.05, 0.1) is 6.61 Å². The molecule has 2 fully saturated rings. The first kappa shape index (κ1) is 15.6. The summed E-state index contributed by atoms with van der Waals surface area (Å²) in [5, 5.41) is 19.7. The molecule has 2 heteroatoms. The minimum absolute atomic E-state index is 0.00395. The van der Waals surface area contributed by atoms with Gasteiger partial charge >= 0.3 is 0 Å². The first-order valence-electron chi connectivity index (χ1n) is 8.80. The van der Waals surface area contributed by atoms with Gasteiger partial charge in [-0.05, 0) is 61.2 Å². The van der Waals surface area contributed by atoms with Crippen LogP contribution in [0, 0.1) is 28.1 Å². The van der Waals surface area contributed by atoms with E-state index >= 15 is 0 Å². The van der Waals surface area contributed by atoms with Crippen LogP contribution in [0.25, 0.3) is 0 Å². The Labute approximate surface area is 129 Å². The molecule has 0 aromatic rings. The van der Waals surface area contributed by atoms with E-state index in [-0.39, 0.29) is 17.4 Å². The van der Waals surface area contributed by atoms with E-state index in [9.17, 15) is 10.2 Å². The van der Waals surface area contributed by atoms with Gasteiger partial charge in [0.15, 0.2) is 0 Å². The maximum absolute atomic E-state index is 9.97. The molecule has 0 heterocycles. The second-order valence-corrected chi connectivity index (χ2v) is 8.89. The third kappa shape index (κ3) is 2.30. The first-order valence-corrected chi connectivity index (χ1v) is 8.80. The van der Waals surface area contributed by atoms with Crippen LogP contribution in [0.5, 0.6) is 0 Å². The molecule has 0 spiro atoms. The lowest BCUT2D eigenvalue weighted by atomic mass is 9.45. The van der Waals surface area contributed by atoms with Gasteiger partial charge in [-0.3, -0.25) is 0 Å². The number of fused-ring (bicyclic) bond motifs is 3. The van der Waals surface area contributed by atoms with Crippen LogP contribution in [0.15, 0.2) is 11.6 Å². The van der Waals surface area contributed by atoms with E-state index in [1.54, 1.807) is 5.57 Å². The summed E-state index contributed by atoms with van der Waals surface area (Å²) in [6.45, 7) is 7.61. The molecular formula is C19H32O2. The third-order valence-electron chi connectivity index (χ3n) is 7.33. The Balaban J connectivity index is 1.94. The summed E-state index contributed by atoms with van der Waals surface area (Å²) in [7, 11) is 0. The normalized spacial score (nSPS) is 50.0. The van der Waals surface area contributed by atoms with Crippen molar-refractivity contribution >= 4 is 0 Å². The molecule has 0 amide bonds. The smallest absolute Gasteiger partial charge is 0.0519 e. The largest absolute Gasteiger partial charge is 0.396 e. The van der Waals surface area contributed by atoms with Gasteiger partial charge in [0.2, 0.25) is 0 Å². The number of hydrogen-bond donors (Lipinski definition) is 2. The summed E-state index contributed by atoms with van der Waals surface area (Å²) in [5.41, 5.74) is 2.09. The molecule has 0 aliphatic heterocycles. The van der Waals surface area contributed by atoms with Gasteiger partial charge in [0.25, 0.3) is 0 Å². The van der Waals surface area contributed by atoms with Crippen LogP contribution in [-0.4, -0.2) is 23.4 Å². The fourth-order valence-electron chi connectivity index (χ4n) is 6.02. The highest BCUT2D eigenvalue weighted by Gasteiger charge is 2.55. The van der Waals surface area contributed by atoms with Crippen molar-refractivity contribution in [2.75, 3.05) is 13.2 Å². The molecular weight excluding hydrogens is 260 g/mol. The number of aliphatic hydroxyl groups excluding tert-OH is 2. The average molecular weight is 292 g/mol. The van der Waals surface area contributed by atoms with Crippen molar-refractivity contribution in [2.24, 2.45) is 28.1 Å². The van der Waals surface area contributed by atoms with Crippen molar-refractivity contribution in [1.82, 2.24) is 0 Å². The van der Waals surface area contributed by atoms with Gasteiger partial charge in [0.1, 0.15) is 0 Å². The van der Waals surface area contributed by atoms with Gasteiger partial charge in [-0.25, -0.2) is 0 Å². The van der Waals surface area contributed by atoms with E-state index in [4.69, 9.17) is 0 Å². The zero-order valence-corrected chi connectivity index (χ0v) is 14.0. The van der Waals surface area contributed by atoms with E-state index in [0.717, 1.165) is 6.42 Å². The fourth-order valence-corrected chi connectivity index (χ4v) is 6.02. The second kappa shape index (κ2) is 5.09. The van der Waals surface area contributed by atoms with Crippen molar-refractivity contribution < 1.29 is 10.2 Å². The maximum Gasteiger partial charge on any atom is 0.0519 e. The highest BCUT2D eigenvalue weighted by molar-refractivity contribution is 5.24.